The van der Waals surface area contributed by atoms with E-state index in [-0.39, 0.29) is 11.6 Å². The molecule has 3 aliphatic rings. The molecule has 2 aromatic rings. The third-order valence-electron chi connectivity index (χ3n) is 4.86. The second-order valence-corrected chi connectivity index (χ2v) is 7.04. The Kier molecular flexibility index (Phi) is 2.22. The Labute approximate surface area is 125 Å². The lowest BCUT2D eigenvalue weighted by molar-refractivity contribution is 0.00681. The van der Waals surface area contributed by atoms with Gasteiger partial charge >= 0.3 is 0 Å². The first-order chi connectivity index (χ1) is 10.2. The van der Waals surface area contributed by atoms with Crippen molar-refractivity contribution in [3.05, 3.63) is 23.3 Å². The summed E-state index contributed by atoms with van der Waals surface area (Å²) in [5.74, 6) is 0.493. The number of rotatable bonds is 1. The van der Waals surface area contributed by atoms with Crippen LogP contribution >= 0.6 is 11.3 Å². The molecule has 3 aliphatic heterocycles. The fourth-order valence-corrected chi connectivity index (χ4v) is 5.00. The molecular formula is C14H15N5OS. The predicted octanol–water partition coefficient (Wildman–Crippen LogP) is 1.15. The molecule has 2 saturated heterocycles. The molecule has 108 valence electrons. The lowest BCUT2D eigenvalue weighted by Crippen LogP contribution is -2.47. The summed E-state index contributed by atoms with van der Waals surface area (Å²) in [7, 11) is 0. The molecule has 2 N–H and O–H groups in total. The largest absolute Gasteiger partial charge is 0.454 e. The van der Waals surface area contributed by atoms with Crippen molar-refractivity contribution < 1.29 is 4.74 Å². The molecule has 0 aliphatic carbocycles. The Morgan fingerprint density at radius 3 is 3.19 bits per heavy atom. The number of thiazole rings is 1. The summed E-state index contributed by atoms with van der Waals surface area (Å²) < 4.78 is 6.04. The number of ether oxygens (including phenoxy) is 1. The zero-order valence-electron chi connectivity index (χ0n) is 11.4. The average Bonchev–Trinajstić information content (AvgIpc) is 3.21. The highest BCUT2D eigenvalue weighted by molar-refractivity contribution is 7.18. The lowest BCUT2D eigenvalue weighted by atomic mass is 9.82. The van der Waals surface area contributed by atoms with E-state index in [1.807, 2.05) is 12.1 Å². The van der Waals surface area contributed by atoms with Gasteiger partial charge in [-0.2, -0.15) is 0 Å². The minimum atomic E-state index is -0.309. The third-order valence-corrected chi connectivity index (χ3v) is 5.90. The van der Waals surface area contributed by atoms with Crippen LogP contribution in [0.1, 0.15) is 17.5 Å². The van der Waals surface area contributed by atoms with Crippen LogP contribution in [0.3, 0.4) is 0 Å². The molecular weight excluding hydrogens is 286 g/mol. The van der Waals surface area contributed by atoms with Gasteiger partial charge in [0, 0.05) is 25.2 Å². The summed E-state index contributed by atoms with van der Waals surface area (Å²) in [4.78, 5) is 17.1. The summed E-state index contributed by atoms with van der Waals surface area (Å²) in [5, 5.41) is 0.970. The van der Waals surface area contributed by atoms with Crippen LogP contribution in [-0.4, -0.2) is 46.1 Å². The number of piperidine rings is 1. The van der Waals surface area contributed by atoms with E-state index >= 15 is 0 Å². The van der Waals surface area contributed by atoms with Crippen LogP contribution < -0.4 is 5.73 Å². The Bertz CT molecular complexity index is 726. The Morgan fingerprint density at radius 1 is 1.48 bits per heavy atom. The van der Waals surface area contributed by atoms with E-state index in [1.165, 1.54) is 0 Å². The fraction of sp³-hybridized carbons (Fsp3) is 0.500. The molecule has 2 aromatic heterocycles. The number of aromatic nitrogens is 2. The molecule has 0 saturated carbocycles. The van der Waals surface area contributed by atoms with E-state index in [1.54, 1.807) is 17.5 Å². The van der Waals surface area contributed by atoms with Gasteiger partial charge in [-0.05, 0) is 25.1 Å². The van der Waals surface area contributed by atoms with Gasteiger partial charge in [0.2, 0.25) is 0 Å². The Balaban J connectivity index is 1.62. The van der Waals surface area contributed by atoms with Gasteiger partial charge in [-0.25, -0.2) is 15.0 Å². The zero-order chi connectivity index (χ0) is 14.0. The highest BCUT2D eigenvalue weighted by Gasteiger charge is 2.60. The second-order valence-electron chi connectivity index (χ2n) is 6.03. The van der Waals surface area contributed by atoms with Gasteiger partial charge in [0.1, 0.15) is 21.4 Å². The normalized spacial score (nSPS) is 37.3. The standard InChI is InChI=1S/C14H15N5OS/c15-13-18-10(12-17-9-2-1-4-16-11(9)21-12)14(20-13)7-19-5-3-8(14)6-19/h1-2,4,8,10H,3,5-7H2,(H2,15,18). The van der Waals surface area contributed by atoms with Gasteiger partial charge in [-0.15, -0.1) is 0 Å². The summed E-state index contributed by atoms with van der Waals surface area (Å²) in [6.45, 7) is 3.14. The Hall–Kier alpha value is -1.73. The molecule has 2 fully saturated rings. The first kappa shape index (κ1) is 11.9. The highest BCUT2D eigenvalue weighted by Crippen LogP contribution is 2.51. The van der Waals surface area contributed by atoms with E-state index in [0.29, 0.717) is 11.9 Å². The molecule has 0 amide bonds. The smallest absolute Gasteiger partial charge is 0.283 e. The quantitative estimate of drug-likeness (QED) is 0.855. The van der Waals surface area contributed by atoms with Gasteiger partial charge in [-0.1, -0.05) is 11.3 Å². The Morgan fingerprint density at radius 2 is 2.43 bits per heavy atom. The van der Waals surface area contributed by atoms with Gasteiger partial charge in [-0.3, -0.25) is 4.90 Å². The van der Waals surface area contributed by atoms with Crippen LogP contribution in [0.2, 0.25) is 0 Å². The number of nitrogens with zero attached hydrogens (tertiary/aromatic N) is 4. The first-order valence-corrected chi connectivity index (χ1v) is 8.02. The highest BCUT2D eigenvalue weighted by atomic mass is 32.1. The molecule has 21 heavy (non-hydrogen) atoms. The molecule has 7 heteroatoms. The molecule has 6 nitrogen and oxygen atoms in total. The van der Waals surface area contributed by atoms with Crippen LogP contribution in [0.4, 0.5) is 0 Å². The maximum absolute atomic E-state index is 6.04. The molecule has 1 spiro atoms. The molecule has 2 bridgehead atoms. The van der Waals surface area contributed by atoms with Crippen molar-refractivity contribution in [2.75, 3.05) is 19.6 Å². The average molecular weight is 301 g/mol. The third kappa shape index (κ3) is 1.53. The molecule has 5 rings (SSSR count). The molecule has 5 heterocycles. The van der Waals surface area contributed by atoms with Crippen LogP contribution in [0.5, 0.6) is 0 Å². The number of hydrogen-bond acceptors (Lipinski definition) is 7. The van der Waals surface area contributed by atoms with Gasteiger partial charge in [0.15, 0.2) is 5.60 Å². The van der Waals surface area contributed by atoms with Crippen molar-refractivity contribution in [1.82, 2.24) is 14.9 Å². The lowest BCUT2D eigenvalue weighted by Gasteiger charge is -2.35. The van der Waals surface area contributed by atoms with Crippen LogP contribution in [0.15, 0.2) is 23.3 Å². The van der Waals surface area contributed by atoms with E-state index in [2.05, 4.69) is 14.9 Å². The summed E-state index contributed by atoms with van der Waals surface area (Å²) >= 11 is 1.60. The van der Waals surface area contributed by atoms with Crippen molar-refractivity contribution in [3.8, 4) is 0 Å². The number of hydrogen-bond donors (Lipinski definition) is 1. The molecule has 0 radical (unpaired) electrons. The van der Waals surface area contributed by atoms with Crippen molar-refractivity contribution >= 4 is 27.7 Å². The van der Waals surface area contributed by atoms with Crippen molar-refractivity contribution in [2.24, 2.45) is 16.6 Å². The monoisotopic (exact) mass is 301 g/mol. The maximum Gasteiger partial charge on any atom is 0.283 e. The zero-order valence-corrected chi connectivity index (χ0v) is 12.2. The molecule has 4 unspecified atom stereocenters. The van der Waals surface area contributed by atoms with Gasteiger partial charge in [0.25, 0.3) is 6.02 Å². The molecule has 4 atom stereocenters. The number of fused-ring (bicyclic) bond motifs is 4. The SMILES string of the molecule is NC1=NC(c2nc3cccnc3s2)C2(CN3CCC2C3)O1. The first-order valence-electron chi connectivity index (χ1n) is 7.21. The number of pyridine rings is 1. The minimum Gasteiger partial charge on any atom is -0.454 e. The number of amidine groups is 1. The van der Waals surface area contributed by atoms with Crippen LogP contribution in [0.25, 0.3) is 10.3 Å². The maximum atomic E-state index is 6.04. The number of nitrogens with two attached hydrogens (primary N) is 1. The van der Waals surface area contributed by atoms with Crippen molar-refractivity contribution in [2.45, 2.75) is 18.1 Å². The van der Waals surface area contributed by atoms with Crippen LogP contribution in [-0.2, 0) is 4.74 Å². The fourth-order valence-electron chi connectivity index (χ4n) is 3.96. The van der Waals surface area contributed by atoms with Crippen LogP contribution in [0, 0.1) is 5.92 Å². The minimum absolute atomic E-state index is 0.0907. The van der Waals surface area contributed by atoms with Crippen molar-refractivity contribution in [3.63, 3.8) is 0 Å². The predicted molar refractivity (Wildman–Crippen MR) is 80.1 cm³/mol. The molecule has 0 aromatic carbocycles. The van der Waals surface area contributed by atoms with Gasteiger partial charge in [0.05, 0.1) is 0 Å². The van der Waals surface area contributed by atoms with Crippen molar-refractivity contribution in [1.29, 1.82) is 0 Å². The van der Waals surface area contributed by atoms with E-state index < -0.39 is 0 Å². The summed E-state index contributed by atoms with van der Waals surface area (Å²) in [6, 6.07) is 4.11. The topological polar surface area (TPSA) is 76.6 Å². The number of aliphatic imine (C=N–C) groups is 1. The second kappa shape index (κ2) is 3.92. The van der Waals surface area contributed by atoms with Gasteiger partial charge < -0.3 is 10.5 Å². The van der Waals surface area contributed by atoms with E-state index in [4.69, 9.17) is 15.5 Å². The van der Waals surface area contributed by atoms with E-state index in [0.717, 1.165) is 41.4 Å². The summed E-state index contributed by atoms with van der Waals surface area (Å²) in [5.41, 5.74) is 6.53. The summed E-state index contributed by atoms with van der Waals surface area (Å²) in [6.07, 6.45) is 2.95. The van der Waals surface area contributed by atoms with E-state index in [9.17, 15) is 0 Å².